The van der Waals surface area contributed by atoms with Gasteiger partial charge in [-0.25, -0.2) is 0 Å². The molecule has 4 nitrogen and oxygen atoms in total. The molecule has 18 heavy (non-hydrogen) atoms. The average Bonchev–Trinajstić information content (AvgIpc) is 2.86. The molecular formula is C14H27NO3. The Bertz CT molecular complexity index is 227. The third kappa shape index (κ3) is 5.83. The molecule has 4 heteroatoms. The molecule has 0 heterocycles. The smallest absolute Gasteiger partial charge is 0.323 e. The van der Waals surface area contributed by atoms with Crippen molar-refractivity contribution >= 4 is 5.97 Å². The van der Waals surface area contributed by atoms with Crippen molar-refractivity contribution in [3.63, 3.8) is 0 Å². The molecule has 106 valence electrons. The van der Waals surface area contributed by atoms with E-state index in [-0.39, 0.29) is 12.0 Å². The Morgan fingerprint density at radius 2 is 2.06 bits per heavy atom. The van der Waals surface area contributed by atoms with Crippen LogP contribution in [0.3, 0.4) is 0 Å². The average molecular weight is 257 g/mol. The lowest BCUT2D eigenvalue weighted by atomic mass is 10.2. The second-order valence-electron chi connectivity index (χ2n) is 4.82. The van der Waals surface area contributed by atoms with Crippen LogP contribution in [0.1, 0.15) is 52.4 Å². The van der Waals surface area contributed by atoms with Crippen LogP contribution in [0, 0.1) is 0 Å². The molecule has 1 unspecified atom stereocenters. The number of hydrogen-bond donors (Lipinski definition) is 1. The third-order valence-electron chi connectivity index (χ3n) is 3.27. The predicted molar refractivity (Wildman–Crippen MR) is 71.5 cm³/mol. The van der Waals surface area contributed by atoms with Crippen LogP contribution in [-0.4, -0.2) is 37.9 Å². The quantitative estimate of drug-likeness (QED) is 0.644. The minimum Gasteiger partial charge on any atom is -0.465 e. The number of carbonyl (C=O) groups excluding carboxylic acids is 1. The summed E-state index contributed by atoms with van der Waals surface area (Å²) in [5.41, 5.74) is 0. The maximum absolute atomic E-state index is 11.7. The Labute approximate surface area is 110 Å². The summed E-state index contributed by atoms with van der Waals surface area (Å²) in [7, 11) is 0. The minimum absolute atomic E-state index is 0.152. The second-order valence-corrected chi connectivity index (χ2v) is 4.82. The van der Waals surface area contributed by atoms with E-state index in [0.29, 0.717) is 25.7 Å². The molecule has 1 saturated carbocycles. The lowest BCUT2D eigenvalue weighted by molar-refractivity contribution is -0.146. The molecule has 0 spiro atoms. The van der Waals surface area contributed by atoms with Gasteiger partial charge in [-0.15, -0.1) is 0 Å². The van der Waals surface area contributed by atoms with Gasteiger partial charge in [0.15, 0.2) is 0 Å². The SMILES string of the molecule is CCCNC(CCOC1CCCC1)C(=O)OCC. The monoisotopic (exact) mass is 257 g/mol. The van der Waals surface area contributed by atoms with Gasteiger partial charge in [0.05, 0.1) is 12.7 Å². The van der Waals surface area contributed by atoms with Crippen LogP contribution in [0.25, 0.3) is 0 Å². The lowest BCUT2D eigenvalue weighted by Gasteiger charge is -2.18. The summed E-state index contributed by atoms with van der Waals surface area (Å²) in [5, 5.41) is 3.22. The number of carbonyl (C=O) groups is 1. The van der Waals surface area contributed by atoms with Crippen LogP contribution in [0.4, 0.5) is 0 Å². The Morgan fingerprint density at radius 3 is 2.67 bits per heavy atom. The fourth-order valence-electron chi connectivity index (χ4n) is 2.27. The lowest BCUT2D eigenvalue weighted by Crippen LogP contribution is -2.39. The second kappa shape index (κ2) is 9.34. The molecule has 0 aromatic rings. The molecule has 0 bridgehead atoms. The van der Waals surface area contributed by atoms with E-state index in [1.165, 1.54) is 25.7 Å². The molecule has 0 radical (unpaired) electrons. The summed E-state index contributed by atoms with van der Waals surface area (Å²) in [6, 6.07) is -0.216. The highest BCUT2D eigenvalue weighted by atomic mass is 16.5. The summed E-state index contributed by atoms with van der Waals surface area (Å²) in [6.45, 7) is 5.85. The van der Waals surface area contributed by atoms with Gasteiger partial charge < -0.3 is 14.8 Å². The normalized spacial score (nSPS) is 17.9. The molecule has 0 aromatic heterocycles. The van der Waals surface area contributed by atoms with E-state index in [1.54, 1.807) is 0 Å². The summed E-state index contributed by atoms with van der Waals surface area (Å²) < 4.78 is 10.9. The zero-order chi connectivity index (χ0) is 13.2. The van der Waals surface area contributed by atoms with Gasteiger partial charge in [0.25, 0.3) is 0 Å². The first-order valence-corrected chi connectivity index (χ1v) is 7.29. The van der Waals surface area contributed by atoms with Crippen molar-refractivity contribution in [3.05, 3.63) is 0 Å². The zero-order valence-corrected chi connectivity index (χ0v) is 11.7. The van der Waals surface area contributed by atoms with Crippen LogP contribution in [0.2, 0.25) is 0 Å². The number of hydrogen-bond acceptors (Lipinski definition) is 4. The highest BCUT2D eigenvalue weighted by Gasteiger charge is 2.20. The zero-order valence-electron chi connectivity index (χ0n) is 11.7. The summed E-state index contributed by atoms with van der Waals surface area (Å²) in [6.07, 6.45) is 7.03. The molecule has 1 atom stereocenters. The van der Waals surface area contributed by atoms with E-state index in [9.17, 15) is 4.79 Å². The molecule has 0 aliphatic heterocycles. The highest BCUT2D eigenvalue weighted by Crippen LogP contribution is 2.21. The maximum atomic E-state index is 11.7. The fraction of sp³-hybridized carbons (Fsp3) is 0.929. The topological polar surface area (TPSA) is 47.6 Å². The predicted octanol–water partition coefficient (Wildman–Crippen LogP) is 2.27. The Balaban J connectivity index is 2.23. The van der Waals surface area contributed by atoms with Crippen molar-refractivity contribution in [2.24, 2.45) is 0 Å². The summed E-state index contributed by atoms with van der Waals surface area (Å²) in [4.78, 5) is 11.7. The molecule has 1 aliphatic rings. The first-order valence-electron chi connectivity index (χ1n) is 7.29. The molecule has 0 saturated heterocycles. The van der Waals surface area contributed by atoms with E-state index in [2.05, 4.69) is 12.2 Å². The van der Waals surface area contributed by atoms with Crippen LogP contribution >= 0.6 is 0 Å². The van der Waals surface area contributed by atoms with Gasteiger partial charge in [0.2, 0.25) is 0 Å². The maximum Gasteiger partial charge on any atom is 0.323 e. The van der Waals surface area contributed by atoms with Crippen molar-refractivity contribution in [3.8, 4) is 0 Å². The minimum atomic E-state index is -0.216. The van der Waals surface area contributed by atoms with Gasteiger partial charge >= 0.3 is 5.97 Å². The largest absolute Gasteiger partial charge is 0.465 e. The van der Waals surface area contributed by atoms with Crippen molar-refractivity contribution < 1.29 is 14.3 Å². The van der Waals surface area contributed by atoms with E-state index in [1.807, 2.05) is 6.92 Å². The van der Waals surface area contributed by atoms with Crippen molar-refractivity contribution in [2.75, 3.05) is 19.8 Å². The molecule has 1 rings (SSSR count). The molecular weight excluding hydrogens is 230 g/mol. The number of rotatable bonds is 9. The van der Waals surface area contributed by atoms with Gasteiger partial charge in [0.1, 0.15) is 6.04 Å². The summed E-state index contributed by atoms with van der Waals surface area (Å²) >= 11 is 0. The standard InChI is InChI=1S/C14H27NO3/c1-3-10-15-13(14(16)17-4-2)9-11-18-12-7-5-6-8-12/h12-13,15H,3-11H2,1-2H3. The van der Waals surface area contributed by atoms with Crippen LogP contribution in [0.5, 0.6) is 0 Å². The molecule has 1 aliphatic carbocycles. The van der Waals surface area contributed by atoms with Crippen molar-refractivity contribution in [1.82, 2.24) is 5.32 Å². The van der Waals surface area contributed by atoms with Crippen molar-refractivity contribution in [2.45, 2.75) is 64.5 Å². The third-order valence-corrected chi connectivity index (χ3v) is 3.27. The van der Waals surface area contributed by atoms with Gasteiger partial charge in [0, 0.05) is 6.61 Å². The Kier molecular flexibility index (Phi) is 8.01. The van der Waals surface area contributed by atoms with Crippen LogP contribution < -0.4 is 5.32 Å². The van der Waals surface area contributed by atoms with Gasteiger partial charge in [-0.05, 0) is 39.2 Å². The molecule has 0 amide bonds. The molecule has 1 fully saturated rings. The molecule has 0 aromatic carbocycles. The van der Waals surface area contributed by atoms with Crippen molar-refractivity contribution in [1.29, 1.82) is 0 Å². The molecule has 1 N–H and O–H groups in total. The van der Waals surface area contributed by atoms with Gasteiger partial charge in [-0.2, -0.15) is 0 Å². The van der Waals surface area contributed by atoms with E-state index in [0.717, 1.165) is 13.0 Å². The summed E-state index contributed by atoms with van der Waals surface area (Å²) in [5.74, 6) is -0.152. The fourth-order valence-corrected chi connectivity index (χ4v) is 2.27. The van der Waals surface area contributed by atoms with E-state index >= 15 is 0 Å². The highest BCUT2D eigenvalue weighted by molar-refractivity contribution is 5.75. The number of esters is 1. The van der Waals surface area contributed by atoms with Crippen LogP contribution in [0.15, 0.2) is 0 Å². The Hall–Kier alpha value is -0.610. The van der Waals surface area contributed by atoms with Gasteiger partial charge in [-0.3, -0.25) is 4.79 Å². The Morgan fingerprint density at radius 1 is 1.33 bits per heavy atom. The van der Waals surface area contributed by atoms with E-state index in [4.69, 9.17) is 9.47 Å². The van der Waals surface area contributed by atoms with Gasteiger partial charge in [-0.1, -0.05) is 19.8 Å². The first kappa shape index (κ1) is 15.4. The van der Waals surface area contributed by atoms with E-state index < -0.39 is 0 Å². The number of ether oxygens (including phenoxy) is 2. The first-order chi connectivity index (χ1) is 8.77. The van der Waals surface area contributed by atoms with Crippen LogP contribution in [-0.2, 0) is 14.3 Å². The number of nitrogens with one attached hydrogen (secondary N) is 1.